The first kappa shape index (κ1) is 14.5. The Balaban J connectivity index is 2.01. The number of nitrogens with zero attached hydrogens (tertiary/aromatic N) is 2. The van der Waals surface area contributed by atoms with Crippen LogP contribution in [0.1, 0.15) is 27.0 Å². The van der Waals surface area contributed by atoms with E-state index in [0.29, 0.717) is 16.1 Å². The molecule has 1 N–H and O–H groups in total. The maximum absolute atomic E-state index is 13.2. The summed E-state index contributed by atoms with van der Waals surface area (Å²) in [6.07, 6.45) is -0.407. The highest BCUT2D eigenvalue weighted by Crippen LogP contribution is 2.17. The van der Waals surface area contributed by atoms with E-state index in [1.807, 2.05) is 0 Å². The van der Waals surface area contributed by atoms with Crippen LogP contribution in [0.15, 0.2) is 24.3 Å². The summed E-state index contributed by atoms with van der Waals surface area (Å²) in [6, 6.07) is 6.11. The lowest BCUT2D eigenvalue weighted by atomic mass is 10.1. The van der Waals surface area contributed by atoms with E-state index < -0.39 is 6.10 Å². The molecule has 5 nitrogen and oxygen atoms in total. The van der Waals surface area contributed by atoms with E-state index in [0.717, 1.165) is 11.5 Å². The average molecular weight is 295 g/mol. The van der Waals surface area contributed by atoms with E-state index in [-0.39, 0.29) is 18.3 Å². The molecule has 106 valence electrons. The molecule has 0 aliphatic heterocycles. The molecule has 20 heavy (non-hydrogen) atoms. The molecule has 1 atom stereocenters. The molecule has 0 aliphatic carbocycles. The van der Waals surface area contributed by atoms with Crippen molar-refractivity contribution < 1.29 is 13.9 Å². The smallest absolute Gasteiger partial charge is 0.265 e. The SMILES string of the molecule is CO[C@H](CNC(=O)c1snnc1C)c1cccc(F)c1. The summed E-state index contributed by atoms with van der Waals surface area (Å²) in [4.78, 5) is 12.4. The quantitative estimate of drug-likeness (QED) is 0.917. The fourth-order valence-corrected chi connectivity index (χ4v) is 2.32. The van der Waals surface area contributed by atoms with Crippen LogP contribution in [0.5, 0.6) is 0 Å². The fraction of sp³-hybridized carbons (Fsp3) is 0.308. The number of aryl methyl sites for hydroxylation is 1. The molecule has 7 heteroatoms. The van der Waals surface area contributed by atoms with Crippen molar-refractivity contribution in [3.05, 3.63) is 46.2 Å². The van der Waals surface area contributed by atoms with Crippen LogP contribution in [0.25, 0.3) is 0 Å². The normalized spacial score (nSPS) is 12.2. The van der Waals surface area contributed by atoms with Crippen molar-refractivity contribution in [3.8, 4) is 0 Å². The number of ether oxygens (including phenoxy) is 1. The van der Waals surface area contributed by atoms with Crippen molar-refractivity contribution in [1.82, 2.24) is 14.9 Å². The lowest BCUT2D eigenvalue weighted by Crippen LogP contribution is -2.29. The fourth-order valence-electron chi connectivity index (χ4n) is 1.75. The first-order chi connectivity index (χ1) is 9.61. The molecule has 0 saturated carbocycles. The third-order valence-electron chi connectivity index (χ3n) is 2.81. The molecular formula is C13H14FN3O2S. The van der Waals surface area contributed by atoms with Gasteiger partial charge in [0.2, 0.25) is 0 Å². The summed E-state index contributed by atoms with van der Waals surface area (Å²) in [6.45, 7) is 1.97. The van der Waals surface area contributed by atoms with Gasteiger partial charge in [-0.05, 0) is 36.2 Å². The molecule has 1 amide bonds. The summed E-state index contributed by atoms with van der Waals surface area (Å²) >= 11 is 1.04. The lowest BCUT2D eigenvalue weighted by Gasteiger charge is -2.16. The van der Waals surface area contributed by atoms with Crippen molar-refractivity contribution >= 4 is 17.4 Å². The minimum Gasteiger partial charge on any atom is -0.375 e. The van der Waals surface area contributed by atoms with Crippen LogP contribution < -0.4 is 5.32 Å². The van der Waals surface area contributed by atoms with Crippen molar-refractivity contribution in [1.29, 1.82) is 0 Å². The topological polar surface area (TPSA) is 64.1 Å². The van der Waals surface area contributed by atoms with Crippen molar-refractivity contribution in [2.75, 3.05) is 13.7 Å². The highest BCUT2D eigenvalue weighted by Gasteiger charge is 2.16. The Morgan fingerprint density at radius 3 is 2.95 bits per heavy atom. The third kappa shape index (κ3) is 3.37. The largest absolute Gasteiger partial charge is 0.375 e. The van der Waals surface area contributed by atoms with Gasteiger partial charge in [-0.2, -0.15) is 0 Å². The Morgan fingerprint density at radius 2 is 2.35 bits per heavy atom. The van der Waals surface area contributed by atoms with Crippen LogP contribution in [0, 0.1) is 12.7 Å². The number of amides is 1. The molecule has 1 aromatic carbocycles. The zero-order valence-corrected chi connectivity index (χ0v) is 11.9. The zero-order chi connectivity index (χ0) is 14.5. The van der Waals surface area contributed by atoms with E-state index >= 15 is 0 Å². The van der Waals surface area contributed by atoms with Crippen LogP contribution in [0.2, 0.25) is 0 Å². The summed E-state index contributed by atoms with van der Waals surface area (Å²) in [5.41, 5.74) is 1.26. The van der Waals surface area contributed by atoms with Crippen LogP contribution in [-0.4, -0.2) is 29.1 Å². The van der Waals surface area contributed by atoms with Gasteiger partial charge in [0.1, 0.15) is 10.7 Å². The van der Waals surface area contributed by atoms with E-state index in [1.165, 1.54) is 19.2 Å². The number of nitrogens with one attached hydrogen (secondary N) is 1. The van der Waals surface area contributed by atoms with E-state index in [4.69, 9.17) is 4.74 Å². The second-order valence-corrected chi connectivity index (χ2v) is 4.93. The van der Waals surface area contributed by atoms with Gasteiger partial charge in [0.05, 0.1) is 11.8 Å². The molecule has 0 bridgehead atoms. The predicted octanol–water partition coefficient (Wildman–Crippen LogP) is 2.10. The van der Waals surface area contributed by atoms with Crippen molar-refractivity contribution in [2.24, 2.45) is 0 Å². The molecule has 0 spiro atoms. The molecule has 0 radical (unpaired) electrons. The first-order valence-electron chi connectivity index (χ1n) is 5.97. The Hall–Kier alpha value is -1.86. The van der Waals surface area contributed by atoms with Gasteiger partial charge in [0, 0.05) is 13.7 Å². The monoisotopic (exact) mass is 295 g/mol. The number of methoxy groups -OCH3 is 1. The number of carbonyl (C=O) groups is 1. The van der Waals surface area contributed by atoms with Gasteiger partial charge in [-0.3, -0.25) is 4.79 Å². The number of aromatic nitrogens is 2. The minimum atomic E-state index is -0.407. The van der Waals surface area contributed by atoms with Crippen LogP contribution >= 0.6 is 11.5 Å². The number of halogens is 1. The molecule has 2 rings (SSSR count). The molecule has 1 aromatic heterocycles. The number of carbonyl (C=O) groups excluding carboxylic acids is 1. The molecule has 0 unspecified atom stereocenters. The lowest BCUT2D eigenvalue weighted by molar-refractivity contribution is 0.0829. The van der Waals surface area contributed by atoms with Gasteiger partial charge in [-0.25, -0.2) is 4.39 Å². The molecular weight excluding hydrogens is 281 g/mol. The third-order valence-corrected chi connectivity index (χ3v) is 3.64. The standard InChI is InChI=1S/C13H14FN3O2S/c1-8-12(20-17-16-8)13(18)15-7-11(19-2)9-4-3-5-10(14)6-9/h3-6,11H,7H2,1-2H3,(H,15,18)/t11-/m1/s1. The highest BCUT2D eigenvalue weighted by molar-refractivity contribution is 7.07. The summed E-state index contributed by atoms with van der Waals surface area (Å²) in [5.74, 6) is -0.589. The highest BCUT2D eigenvalue weighted by atomic mass is 32.1. The van der Waals surface area contributed by atoms with Gasteiger partial charge in [-0.1, -0.05) is 16.6 Å². The number of rotatable bonds is 5. The summed E-state index contributed by atoms with van der Waals surface area (Å²) in [5, 5.41) is 6.52. The summed E-state index contributed by atoms with van der Waals surface area (Å²) in [7, 11) is 1.52. The van der Waals surface area contributed by atoms with E-state index in [2.05, 4.69) is 14.9 Å². The van der Waals surface area contributed by atoms with Gasteiger partial charge in [-0.15, -0.1) is 5.10 Å². The van der Waals surface area contributed by atoms with Crippen molar-refractivity contribution in [3.63, 3.8) is 0 Å². The predicted molar refractivity (Wildman–Crippen MR) is 73.1 cm³/mol. The number of hydrogen-bond acceptors (Lipinski definition) is 5. The Kier molecular flexibility index (Phi) is 4.75. The van der Waals surface area contributed by atoms with E-state index in [1.54, 1.807) is 19.1 Å². The minimum absolute atomic E-state index is 0.246. The second-order valence-electron chi connectivity index (χ2n) is 4.18. The molecule has 0 fully saturated rings. The van der Waals surface area contributed by atoms with Gasteiger partial charge in [0.25, 0.3) is 5.91 Å². The van der Waals surface area contributed by atoms with Crippen LogP contribution in [0.4, 0.5) is 4.39 Å². The number of benzene rings is 1. The zero-order valence-electron chi connectivity index (χ0n) is 11.1. The van der Waals surface area contributed by atoms with Gasteiger partial charge in [0.15, 0.2) is 0 Å². The Labute approximate surface area is 119 Å². The van der Waals surface area contributed by atoms with Gasteiger partial charge < -0.3 is 10.1 Å². The maximum Gasteiger partial charge on any atom is 0.265 e. The van der Waals surface area contributed by atoms with Crippen molar-refractivity contribution in [2.45, 2.75) is 13.0 Å². The molecule has 2 aromatic rings. The molecule has 0 aliphatic rings. The van der Waals surface area contributed by atoms with E-state index in [9.17, 15) is 9.18 Å². The molecule has 1 heterocycles. The Morgan fingerprint density at radius 1 is 1.55 bits per heavy atom. The average Bonchev–Trinajstić information content (AvgIpc) is 2.85. The summed E-state index contributed by atoms with van der Waals surface area (Å²) < 4.78 is 22.2. The Bertz CT molecular complexity index is 603. The maximum atomic E-state index is 13.2. The van der Waals surface area contributed by atoms with Crippen LogP contribution in [-0.2, 0) is 4.74 Å². The number of hydrogen-bond donors (Lipinski definition) is 1. The second kappa shape index (κ2) is 6.53. The molecule has 0 saturated heterocycles. The first-order valence-corrected chi connectivity index (χ1v) is 6.74. The van der Waals surface area contributed by atoms with Crippen LogP contribution in [0.3, 0.4) is 0 Å². The van der Waals surface area contributed by atoms with Gasteiger partial charge >= 0.3 is 0 Å².